The van der Waals surface area contributed by atoms with Crippen LogP contribution in [0.1, 0.15) is 35.9 Å². The van der Waals surface area contributed by atoms with E-state index in [1.807, 2.05) is 14.0 Å². The largest absolute Gasteiger partial charge is 0.338 e. The summed E-state index contributed by atoms with van der Waals surface area (Å²) in [5.41, 5.74) is 2.20. The van der Waals surface area contributed by atoms with Crippen molar-refractivity contribution in [1.82, 2.24) is 29.7 Å². The van der Waals surface area contributed by atoms with Crippen LogP contribution < -0.4 is 0 Å². The maximum Gasteiger partial charge on any atom is 0.245 e. The van der Waals surface area contributed by atoms with Crippen LogP contribution in [0.5, 0.6) is 0 Å². The van der Waals surface area contributed by atoms with Gasteiger partial charge in [-0.05, 0) is 20.4 Å². The Bertz CT molecular complexity index is 682. The zero-order chi connectivity index (χ0) is 16.6. The second-order valence-corrected chi connectivity index (χ2v) is 6.46. The summed E-state index contributed by atoms with van der Waals surface area (Å²) in [7, 11) is 3.98. The van der Waals surface area contributed by atoms with Gasteiger partial charge in [0, 0.05) is 38.8 Å². The lowest BCUT2D eigenvalue weighted by Gasteiger charge is -2.37. The van der Waals surface area contributed by atoms with E-state index in [-0.39, 0.29) is 6.04 Å². The fourth-order valence-electron chi connectivity index (χ4n) is 3.05. The topological polar surface area (TPSA) is 63.2 Å². The zero-order valence-electron chi connectivity index (χ0n) is 14.1. The Hall–Kier alpha value is -1.44. The van der Waals surface area contributed by atoms with Crippen molar-refractivity contribution in [2.24, 2.45) is 7.05 Å². The van der Waals surface area contributed by atoms with Crippen LogP contribution in [0.4, 0.5) is 0 Å². The highest BCUT2D eigenvalue weighted by Crippen LogP contribution is 2.27. The molecule has 0 spiro atoms. The van der Waals surface area contributed by atoms with Crippen molar-refractivity contribution >= 4 is 11.6 Å². The second kappa shape index (κ2) is 6.59. The molecule has 126 valence electrons. The fraction of sp³-hybridized carbons (Fsp3) is 0.667. The number of rotatable bonds is 4. The molecule has 1 atom stereocenters. The molecule has 7 nitrogen and oxygen atoms in total. The molecule has 3 heterocycles. The number of likely N-dealkylation sites (N-methyl/N-ethyl adjacent to an activating group) is 1. The van der Waals surface area contributed by atoms with Crippen LogP contribution in [0.15, 0.2) is 4.52 Å². The summed E-state index contributed by atoms with van der Waals surface area (Å²) < 4.78 is 7.13. The highest BCUT2D eigenvalue weighted by Gasteiger charge is 2.30. The highest BCUT2D eigenvalue weighted by molar-refractivity contribution is 6.30. The number of halogens is 1. The molecule has 3 rings (SSSR count). The summed E-state index contributed by atoms with van der Waals surface area (Å²) in [5.74, 6) is 1.36. The number of aryl methyl sites for hydroxylation is 3. The van der Waals surface area contributed by atoms with Crippen LogP contribution in [0.3, 0.4) is 0 Å². The third-order valence-corrected chi connectivity index (χ3v) is 4.90. The average molecular weight is 339 g/mol. The van der Waals surface area contributed by atoms with Crippen LogP contribution in [-0.4, -0.2) is 56.4 Å². The van der Waals surface area contributed by atoms with Gasteiger partial charge < -0.3 is 4.52 Å². The van der Waals surface area contributed by atoms with Crippen molar-refractivity contribution < 1.29 is 4.52 Å². The zero-order valence-corrected chi connectivity index (χ0v) is 14.8. The van der Waals surface area contributed by atoms with Gasteiger partial charge in [0.15, 0.2) is 5.82 Å². The summed E-state index contributed by atoms with van der Waals surface area (Å²) in [4.78, 5) is 9.03. The molecule has 1 fully saturated rings. The summed E-state index contributed by atoms with van der Waals surface area (Å²) in [6.45, 7) is 7.52. The standard InChI is InChI=1S/C15H23ClN6O/c1-5-12-11(14(16)21(4)18-12)8-22-7-6-20(3)13(9-22)15-17-10(2)19-23-15/h13H,5-9H2,1-4H3/t13-/m0/s1. The molecular formula is C15H23ClN6O. The Morgan fingerprint density at radius 1 is 1.30 bits per heavy atom. The lowest BCUT2D eigenvalue weighted by Crippen LogP contribution is -2.46. The number of hydrogen-bond acceptors (Lipinski definition) is 6. The van der Waals surface area contributed by atoms with Gasteiger partial charge in [-0.2, -0.15) is 10.1 Å². The van der Waals surface area contributed by atoms with E-state index in [9.17, 15) is 0 Å². The van der Waals surface area contributed by atoms with Gasteiger partial charge in [0.1, 0.15) is 11.2 Å². The quantitative estimate of drug-likeness (QED) is 0.847. The van der Waals surface area contributed by atoms with Gasteiger partial charge >= 0.3 is 0 Å². The minimum Gasteiger partial charge on any atom is -0.338 e. The third-order valence-electron chi connectivity index (χ3n) is 4.43. The second-order valence-electron chi connectivity index (χ2n) is 6.10. The maximum atomic E-state index is 6.42. The summed E-state index contributed by atoms with van der Waals surface area (Å²) in [6.07, 6.45) is 0.885. The van der Waals surface area contributed by atoms with Gasteiger partial charge in [-0.1, -0.05) is 23.7 Å². The number of piperazine rings is 1. The molecule has 0 aromatic carbocycles. The average Bonchev–Trinajstić information content (AvgIpc) is 3.07. The van der Waals surface area contributed by atoms with Gasteiger partial charge in [-0.15, -0.1) is 0 Å². The molecule has 1 aliphatic rings. The fourth-order valence-corrected chi connectivity index (χ4v) is 3.26. The van der Waals surface area contributed by atoms with Crippen molar-refractivity contribution in [3.05, 3.63) is 28.1 Å². The van der Waals surface area contributed by atoms with E-state index in [4.69, 9.17) is 16.1 Å². The Kier molecular flexibility index (Phi) is 4.70. The van der Waals surface area contributed by atoms with Gasteiger partial charge in [-0.25, -0.2) is 0 Å². The first-order chi connectivity index (χ1) is 11.0. The van der Waals surface area contributed by atoms with Crippen LogP contribution >= 0.6 is 11.6 Å². The Labute approximate surface area is 141 Å². The van der Waals surface area contributed by atoms with Crippen molar-refractivity contribution in [3.8, 4) is 0 Å². The molecule has 1 aliphatic heterocycles. The van der Waals surface area contributed by atoms with Crippen LogP contribution in [0, 0.1) is 6.92 Å². The third kappa shape index (κ3) is 3.27. The first-order valence-electron chi connectivity index (χ1n) is 7.92. The van der Waals surface area contributed by atoms with Crippen molar-refractivity contribution in [2.45, 2.75) is 32.9 Å². The Morgan fingerprint density at radius 2 is 2.09 bits per heavy atom. The molecule has 2 aromatic rings. The first kappa shape index (κ1) is 16.4. The molecule has 0 amide bonds. The van der Waals surface area contributed by atoms with E-state index in [0.717, 1.165) is 49.0 Å². The van der Waals surface area contributed by atoms with E-state index in [1.54, 1.807) is 4.68 Å². The van der Waals surface area contributed by atoms with Gasteiger partial charge in [0.25, 0.3) is 0 Å². The van der Waals surface area contributed by atoms with Gasteiger partial charge in [-0.3, -0.25) is 14.5 Å². The van der Waals surface area contributed by atoms with E-state index in [2.05, 4.69) is 39.0 Å². The predicted octanol–water partition coefficient (Wildman–Crippen LogP) is 1.82. The molecule has 0 radical (unpaired) electrons. The monoisotopic (exact) mass is 338 g/mol. The van der Waals surface area contributed by atoms with E-state index < -0.39 is 0 Å². The number of hydrogen-bond donors (Lipinski definition) is 0. The smallest absolute Gasteiger partial charge is 0.245 e. The minimum absolute atomic E-state index is 0.116. The van der Waals surface area contributed by atoms with Crippen LogP contribution in [0.2, 0.25) is 5.15 Å². The SMILES string of the molecule is CCc1nn(C)c(Cl)c1CN1CCN(C)[C@H](c2nc(C)no2)C1. The summed E-state index contributed by atoms with van der Waals surface area (Å²) in [6, 6.07) is 0.116. The van der Waals surface area contributed by atoms with Crippen molar-refractivity contribution in [2.75, 3.05) is 26.7 Å². The lowest BCUT2D eigenvalue weighted by molar-refractivity contribution is 0.0713. The van der Waals surface area contributed by atoms with Crippen LogP contribution in [0.25, 0.3) is 0 Å². The van der Waals surface area contributed by atoms with E-state index in [0.29, 0.717) is 11.7 Å². The highest BCUT2D eigenvalue weighted by atomic mass is 35.5. The molecule has 0 N–H and O–H groups in total. The molecule has 1 saturated heterocycles. The minimum atomic E-state index is 0.116. The maximum absolute atomic E-state index is 6.42. The first-order valence-corrected chi connectivity index (χ1v) is 8.30. The van der Waals surface area contributed by atoms with E-state index >= 15 is 0 Å². The Morgan fingerprint density at radius 3 is 2.74 bits per heavy atom. The molecule has 8 heteroatoms. The number of aromatic nitrogens is 4. The summed E-state index contributed by atoms with van der Waals surface area (Å²) in [5, 5.41) is 9.14. The Balaban J connectivity index is 1.77. The van der Waals surface area contributed by atoms with Gasteiger partial charge in [0.05, 0.1) is 5.69 Å². The molecular weight excluding hydrogens is 316 g/mol. The predicted molar refractivity (Wildman–Crippen MR) is 87.3 cm³/mol. The summed E-state index contributed by atoms with van der Waals surface area (Å²) >= 11 is 6.42. The van der Waals surface area contributed by atoms with Crippen molar-refractivity contribution in [1.29, 1.82) is 0 Å². The van der Waals surface area contributed by atoms with Crippen molar-refractivity contribution in [3.63, 3.8) is 0 Å². The molecule has 0 saturated carbocycles. The van der Waals surface area contributed by atoms with Gasteiger partial charge in [0.2, 0.25) is 5.89 Å². The molecule has 0 bridgehead atoms. The lowest BCUT2D eigenvalue weighted by atomic mass is 10.1. The molecule has 0 unspecified atom stereocenters. The normalized spacial score (nSPS) is 20.3. The molecule has 23 heavy (non-hydrogen) atoms. The number of nitrogens with zero attached hydrogens (tertiary/aromatic N) is 6. The van der Waals surface area contributed by atoms with Crippen LogP contribution in [-0.2, 0) is 20.0 Å². The molecule has 2 aromatic heterocycles. The molecule has 0 aliphatic carbocycles. The van der Waals surface area contributed by atoms with E-state index in [1.165, 1.54) is 0 Å².